The van der Waals surface area contributed by atoms with Crippen molar-refractivity contribution < 1.29 is 14.0 Å². The smallest absolute Gasteiger partial charge is 0.255 e. The molecular weight excluding hydrogens is 473 g/mol. The highest BCUT2D eigenvalue weighted by molar-refractivity contribution is 9.10. The minimum atomic E-state index is -0.297. The summed E-state index contributed by atoms with van der Waals surface area (Å²) < 4.78 is 14.0. The molecule has 0 unspecified atom stereocenters. The molecule has 4 rings (SSSR count). The maximum Gasteiger partial charge on any atom is 0.255 e. The summed E-state index contributed by atoms with van der Waals surface area (Å²) in [6.45, 7) is 2.75. The summed E-state index contributed by atoms with van der Waals surface area (Å²) in [6.07, 6.45) is 0.285. The number of hydrogen-bond acceptors (Lipinski definition) is 3. The molecule has 1 aliphatic rings. The van der Waals surface area contributed by atoms with Crippen LogP contribution in [0.25, 0.3) is 0 Å². The Morgan fingerprint density at radius 3 is 2.09 bits per heavy atom. The molecule has 1 saturated heterocycles. The van der Waals surface area contributed by atoms with E-state index in [1.807, 2.05) is 41.3 Å². The van der Waals surface area contributed by atoms with Gasteiger partial charge in [-0.2, -0.15) is 0 Å². The van der Waals surface area contributed by atoms with E-state index >= 15 is 0 Å². The van der Waals surface area contributed by atoms with Gasteiger partial charge in [-0.25, -0.2) is 4.39 Å². The number of halogens is 2. The van der Waals surface area contributed by atoms with Gasteiger partial charge < -0.3 is 15.1 Å². The van der Waals surface area contributed by atoms with Gasteiger partial charge in [-0.3, -0.25) is 9.59 Å². The summed E-state index contributed by atoms with van der Waals surface area (Å²) in [5.41, 5.74) is 3.20. The van der Waals surface area contributed by atoms with Crippen molar-refractivity contribution in [2.45, 2.75) is 6.42 Å². The Bertz CT molecular complexity index is 1080. The number of benzene rings is 3. The number of carbonyl (C=O) groups is 2. The summed E-state index contributed by atoms with van der Waals surface area (Å²) in [7, 11) is 0. The highest BCUT2D eigenvalue weighted by atomic mass is 79.9. The van der Waals surface area contributed by atoms with Crippen molar-refractivity contribution in [3.05, 3.63) is 94.2 Å². The number of piperazine rings is 1. The second kappa shape index (κ2) is 9.96. The van der Waals surface area contributed by atoms with Crippen LogP contribution in [0.2, 0.25) is 0 Å². The molecule has 1 fully saturated rings. The minimum Gasteiger partial charge on any atom is -0.368 e. The van der Waals surface area contributed by atoms with Gasteiger partial charge >= 0.3 is 0 Å². The van der Waals surface area contributed by atoms with E-state index in [0.717, 1.165) is 34.5 Å². The van der Waals surface area contributed by atoms with Crippen LogP contribution < -0.4 is 10.2 Å². The Morgan fingerprint density at radius 1 is 0.844 bits per heavy atom. The average molecular weight is 496 g/mol. The molecule has 0 bridgehead atoms. The van der Waals surface area contributed by atoms with Crippen LogP contribution in [0.15, 0.2) is 77.3 Å². The zero-order valence-electron chi connectivity index (χ0n) is 17.4. The molecule has 1 N–H and O–H groups in total. The number of hydrogen-bond donors (Lipinski definition) is 1. The third kappa shape index (κ3) is 5.53. The Morgan fingerprint density at radius 2 is 1.47 bits per heavy atom. The summed E-state index contributed by atoms with van der Waals surface area (Å²) in [6, 6.07) is 21.0. The highest BCUT2D eigenvalue weighted by Crippen LogP contribution is 2.21. The van der Waals surface area contributed by atoms with Crippen LogP contribution >= 0.6 is 15.9 Å². The molecule has 0 radical (unpaired) electrons. The average Bonchev–Trinajstić information content (AvgIpc) is 2.81. The van der Waals surface area contributed by atoms with Gasteiger partial charge in [0.1, 0.15) is 5.82 Å². The SMILES string of the molecule is O=C(Nc1ccc(N2CCN(C(=O)Cc3ccc(F)cc3)CC2)cc1)c1ccc(Br)cc1. The predicted molar refractivity (Wildman–Crippen MR) is 127 cm³/mol. The molecule has 1 aliphatic heterocycles. The molecule has 0 spiro atoms. The summed E-state index contributed by atoms with van der Waals surface area (Å²) in [5, 5.41) is 2.91. The van der Waals surface area contributed by atoms with Crippen LogP contribution in [0.1, 0.15) is 15.9 Å². The number of nitrogens with zero attached hydrogens (tertiary/aromatic N) is 2. The first kappa shape index (κ1) is 22.0. The van der Waals surface area contributed by atoms with Gasteiger partial charge in [-0.05, 0) is 66.2 Å². The Kier molecular flexibility index (Phi) is 6.85. The summed E-state index contributed by atoms with van der Waals surface area (Å²) in [4.78, 5) is 29.0. The van der Waals surface area contributed by atoms with Gasteiger partial charge in [0.25, 0.3) is 5.91 Å². The molecule has 3 aromatic rings. The van der Waals surface area contributed by atoms with Gasteiger partial charge in [0.05, 0.1) is 6.42 Å². The van der Waals surface area contributed by atoms with Crippen LogP contribution in [0.3, 0.4) is 0 Å². The fourth-order valence-corrected chi connectivity index (χ4v) is 3.93. The third-order valence-electron chi connectivity index (χ3n) is 5.50. The monoisotopic (exact) mass is 495 g/mol. The Labute approximate surface area is 195 Å². The summed E-state index contributed by atoms with van der Waals surface area (Å²) >= 11 is 3.37. The van der Waals surface area contributed by atoms with Gasteiger partial charge in [0, 0.05) is 47.6 Å². The van der Waals surface area contributed by atoms with E-state index in [1.165, 1.54) is 12.1 Å². The molecular formula is C25H23BrFN3O2. The van der Waals surface area contributed by atoms with Crippen molar-refractivity contribution >= 4 is 39.1 Å². The largest absolute Gasteiger partial charge is 0.368 e. The first-order valence-corrected chi connectivity index (χ1v) is 11.2. The van der Waals surface area contributed by atoms with Crippen LogP contribution in [0.4, 0.5) is 15.8 Å². The minimum absolute atomic E-state index is 0.0576. The normalized spacial score (nSPS) is 13.7. The van der Waals surface area contributed by atoms with E-state index in [2.05, 4.69) is 26.1 Å². The summed E-state index contributed by atoms with van der Waals surface area (Å²) in [5.74, 6) is -0.394. The zero-order valence-corrected chi connectivity index (χ0v) is 19.0. The van der Waals surface area contributed by atoms with Gasteiger partial charge in [0.2, 0.25) is 5.91 Å². The van der Waals surface area contributed by atoms with Gasteiger partial charge in [0.15, 0.2) is 0 Å². The van der Waals surface area contributed by atoms with Crippen molar-refractivity contribution in [3.8, 4) is 0 Å². The van der Waals surface area contributed by atoms with E-state index in [-0.39, 0.29) is 24.1 Å². The van der Waals surface area contributed by atoms with Crippen molar-refractivity contribution in [2.75, 3.05) is 36.4 Å². The van der Waals surface area contributed by atoms with Crippen molar-refractivity contribution in [1.29, 1.82) is 0 Å². The molecule has 2 amide bonds. The molecule has 1 heterocycles. The first-order valence-electron chi connectivity index (χ1n) is 10.4. The molecule has 7 heteroatoms. The standard InChI is InChI=1S/C25H23BrFN3O2/c26-20-5-3-19(4-6-20)25(32)28-22-9-11-23(12-10-22)29-13-15-30(16-14-29)24(31)17-18-1-7-21(27)8-2-18/h1-12H,13-17H2,(H,28,32). The predicted octanol–water partition coefficient (Wildman–Crippen LogP) is 4.73. The van der Waals surface area contributed by atoms with Gasteiger partial charge in [-0.15, -0.1) is 0 Å². The van der Waals surface area contributed by atoms with E-state index in [4.69, 9.17) is 0 Å². The second-order valence-electron chi connectivity index (χ2n) is 7.68. The lowest BCUT2D eigenvalue weighted by Crippen LogP contribution is -2.49. The zero-order chi connectivity index (χ0) is 22.5. The number of rotatable bonds is 5. The lowest BCUT2D eigenvalue weighted by molar-refractivity contribution is -0.130. The van der Waals surface area contributed by atoms with Crippen LogP contribution in [0, 0.1) is 5.82 Å². The number of amides is 2. The third-order valence-corrected chi connectivity index (χ3v) is 6.03. The molecule has 32 heavy (non-hydrogen) atoms. The van der Waals surface area contributed by atoms with E-state index in [9.17, 15) is 14.0 Å². The highest BCUT2D eigenvalue weighted by Gasteiger charge is 2.21. The molecule has 0 aromatic heterocycles. The first-order chi connectivity index (χ1) is 15.5. The lowest BCUT2D eigenvalue weighted by Gasteiger charge is -2.36. The number of carbonyl (C=O) groups excluding carboxylic acids is 2. The molecule has 0 saturated carbocycles. The van der Waals surface area contributed by atoms with Crippen molar-refractivity contribution in [3.63, 3.8) is 0 Å². The number of nitrogens with one attached hydrogen (secondary N) is 1. The van der Waals surface area contributed by atoms with E-state index < -0.39 is 0 Å². The molecule has 164 valence electrons. The quantitative estimate of drug-likeness (QED) is 0.556. The van der Waals surface area contributed by atoms with E-state index in [0.29, 0.717) is 18.7 Å². The fourth-order valence-electron chi connectivity index (χ4n) is 3.66. The lowest BCUT2D eigenvalue weighted by atomic mass is 10.1. The van der Waals surface area contributed by atoms with Gasteiger partial charge in [-0.1, -0.05) is 28.1 Å². The topological polar surface area (TPSA) is 52.7 Å². The second-order valence-corrected chi connectivity index (χ2v) is 8.59. The van der Waals surface area contributed by atoms with Crippen molar-refractivity contribution in [2.24, 2.45) is 0 Å². The van der Waals surface area contributed by atoms with Crippen LogP contribution in [-0.4, -0.2) is 42.9 Å². The number of anilines is 2. The molecule has 0 atom stereocenters. The van der Waals surface area contributed by atoms with Crippen molar-refractivity contribution in [1.82, 2.24) is 4.90 Å². The Balaban J connectivity index is 1.29. The van der Waals surface area contributed by atoms with Crippen LogP contribution in [0.5, 0.6) is 0 Å². The molecule has 0 aliphatic carbocycles. The molecule has 5 nitrogen and oxygen atoms in total. The maximum atomic E-state index is 13.0. The fraction of sp³-hybridized carbons (Fsp3) is 0.200. The van der Waals surface area contributed by atoms with E-state index in [1.54, 1.807) is 24.3 Å². The molecule has 3 aromatic carbocycles. The van der Waals surface area contributed by atoms with Crippen LogP contribution in [-0.2, 0) is 11.2 Å². The maximum absolute atomic E-state index is 13.0. The Hall–Kier alpha value is -3.19.